The summed E-state index contributed by atoms with van der Waals surface area (Å²) >= 11 is 0. The van der Waals surface area contributed by atoms with Crippen LogP contribution in [-0.4, -0.2) is 55.0 Å². The van der Waals surface area contributed by atoms with Crippen molar-refractivity contribution in [2.24, 2.45) is 22.6 Å². The van der Waals surface area contributed by atoms with E-state index in [0.29, 0.717) is 6.54 Å². The van der Waals surface area contributed by atoms with Gasteiger partial charge in [0.05, 0.1) is 0 Å². The number of anilines is 1. The van der Waals surface area contributed by atoms with Crippen LogP contribution in [0.4, 0.5) is 5.82 Å². The zero-order valence-corrected chi connectivity index (χ0v) is 22.4. The van der Waals surface area contributed by atoms with Gasteiger partial charge in [-0.3, -0.25) is 9.79 Å². The lowest BCUT2D eigenvalue weighted by atomic mass is 9.90. The van der Waals surface area contributed by atoms with E-state index in [2.05, 4.69) is 61.5 Å². The lowest BCUT2D eigenvalue weighted by Crippen LogP contribution is -2.45. The number of carbonyl (C=O) groups is 1. The van der Waals surface area contributed by atoms with Gasteiger partial charge in [0, 0.05) is 57.4 Å². The molecular formula is C26H37IN6O. The Morgan fingerprint density at radius 1 is 1.06 bits per heavy atom. The summed E-state index contributed by atoms with van der Waals surface area (Å²) in [4.78, 5) is 25.3. The number of nitrogens with two attached hydrogens (primary N) is 1. The molecule has 1 aromatic carbocycles. The molecule has 1 amide bonds. The number of aliphatic imine (C=N–C) groups is 1. The van der Waals surface area contributed by atoms with Crippen molar-refractivity contribution in [3.05, 3.63) is 59.8 Å². The largest absolute Gasteiger partial charge is 0.369 e. The first-order valence-corrected chi connectivity index (χ1v) is 12.1. The van der Waals surface area contributed by atoms with Crippen LogP contribution in [0.5, 0.6) is 0 Å². The molecule has 0 atom stereocenters. The number of halogens is 1. The van der Waals surface area contributed by atoms with E-state index >= 15 is 0 Å². The molecule has 2 saturated heterocycles. The number of hydrogen-bond donors (Lipinski definition) is 2. The van der Waals surface area contributed by atoms with Crippen molar-refractivity contribution in [2.45, 2.75) is 38.6 Å². The molecule has 2 aliphatic rings. The lowest BCUT2D eigenvalue weighted by molar-refractivity contribution is -0.122. The Labute approximate surface area is 220 Å². The number of nitrogens with zero attached hydrogens (tertiary/aromatic N) is 4. The first-order chi connectivity index (χ1) is 16.1. The van der Waals surface area contributed by atoms with Gasteiger partial charge in [0.1, 0.15) is 5.82 Å². The Morgan fingerprint density at radius 3 is 2.41 bits per heavy atom. The summed E-state index contributed by atoms with van der Waals surface area (Å²) in [7, 11) is 1.86. The van der Waals surface area contributed by atoms with E-state index in [0.717, 1.165) is 68.7 Å². The molecular weight excluding hydrogens is 539 g/mol. The quantitative estimate of drug-likeness (QED) is 0.313. The van der Waals surface area contributed by atoms with Crippen molar-refractivity contribution in [3.63, 3.8) is 0 Å². The van der Waals surface area contributed by atoms with Crippen molar-refractivity contribution >= 4 is 41.7 Å². The molecule has 7 nitrogen and oxygen atoms in total. The number of piperidine rings is 2. The maximum absolute atomic E-state index is 11.5. The molecule has 2 aliphatic heterocycles. The van der Waals surface area contributed by atoms with Crippen molar-refractivity contribution in [1.82, 2.24) is 15.2 Å². The van der Waals surface area contributed by atoms with Crippen LogP contribution in [0.1, 0.15) is 36.8 Å². The molecule has 8 heteroatoms. The van der Waals surface area contributed by atoms with Gasteiger partial charge in [0.2, 0.25) is 5.91 Å². The first-order valence-electron chi connectivity index (χ1n) is 12.1. The Morgan fingerprint density at radius 2 is 1.76 bits per heavy atom. The van der Waals surface area contributed by atoms with E-state index in [-0.39, 0.29) is 35.8 Å². The number of primary amides is 1. The van der Waals surface area contributed by atoms with Crippen LogP contribution in [0.15, 0.2) is 53.7 Å². The van der Waals surface area contributed by atoms with Crippen molar-refractivity contribution in [2.75, 3.05) is 38.1 Å². The predicted molar refractivity (Wildman–Crippen MR) is 148 cm³/mol. The molecule has 0 spiro atoms. The first kappa shape index (κ1) is 26.2. The molecule has 0 saturated carbocycles. The van der Waals surface area contributed by atoms with Crippen LogP contribution in [0.3, 0.4) is 0 Å². The van der Waals surface area contributed by atoms with Gasteiger partial charge in [0.25, 0.3) is 0 Å². The smallest absolute Gasteiger partial charge is 0.220 e. The molecule has 0 bridgehead atoms. The number of benzene rings is 1. The molecule has 34 heavy (non-hydrogen) atoms. The number of pyridine rings is 1. The Balaban J connectivity index is 0.00000324. The Hall–Kier alpha value is -2.36. The van der Waals surface area contributed by atoms with Gasteiger partial charge in [-0.2, -0.15) is 0 Å². The molecule has 0 aliphatic carbocycles. The summed E-state index contributed by atoms with van der Waals surface area (Å²) < 4.78 is 0. The third-order valence-electron chi connectivity index (χ3n) is 6.99. The van der Waals surface area contributed by atoms with E-state index < -0.39 is 0 Å². The highest BCUT2D eigenvalue weighted by Gasteiger charge is 2.25. The zero-order chi connectivity index (χ0) is 23.0. The van der Waals surface area contributed by atoms with Gasteiger partial charge in [0.15, 0.2) is 5.96 Å². The van der Waals surface area contributed by atoms with E-state index in [9.17, 15) is 4.79 Å². The van der Waals surface area contributed by atoms with Gasteiger partial charge >= 0.3 is 0 Å². The predicted octanol–water partition coefficient (Wildman–Crippen LogP) is 3.43. The summed E-state index contributed by atoms with van der Waals surface area (Å²) in [6.45, 7) is 4.34. The Bertz CT molecular complexity index is 937. The molecule has 0 unspecified atom stereocenters. The highest BCUT2D eigenvalue weighted by molar-refractivity contribution is 14.0. The van der Waals surface area contributed by atoms with Gasteiger partial charge < -0.3 is 20.9 Å². The van der Waals surface area contributed by atoms with E-state index in [1.807, 2.05) is 19.3 Å². The van der Waals surface area contributed by atoms with Gasteiger partial charge in [-0.05, 0) is 49.7 Å². The number of aromatic nitrogens is 1. The summed E-state index contributed by atoms with van der Waals surface area (Å²) in [6, 6.07) is 14.9. The second kappa shape index (κ2) is 12.9. The number of amides is 1. The minimum Gasteiger partial charge on any atom is -0.369 e. The molecule has 4 rings (SSSR count). The number of rotatable bonds is 6. The maximum atomic E-state index is 11.5. The molecule has 184 valence electrons. The third kappa shape index (κ3) is 6.84. The van der Waals surface area contributed by atoms with Crippen molar-refractivity contribution in [1.29, 1.82) is 0 Å². The average Bonchev–Trinajstić information content (AvgIpc) is 2.86. The van der Waals surface area contributed by atoms with Crippen LogP contribution in [-0.2, 0) is 17.8 Å². The summed E-state index contributed by atoms with van der Waals surface area (Å²) in [5.41, 5.74) is 8.08. The van der Waals surface area contributed by atoms with Crippen molar-refractivity contribution in [3.8, 4) is 0 Å². The topological polar surface area (TPSA) is 86.9 Å². The molecule has 1 aromatic heterocycles. The van der Waals surface area contributed by atoms with Gasteiger partial charge in [-0.15, -0.1) is 24.0 Å². The molecule has 3 N–H and O–H groups in total. The number of nitrogens with one attached hydrogen (secondary N) is 1. The standard InChI is InChI=1S/C26H36N6O.HI/c1-28-26(32-14-9-21(10-15-32)18-20-6-3-2-4-7-20)30-19-23-8-5-13-29-25(23)31-16-11-22(12-17-31)24(27)33;/h2-8,13,21-22H,9-12,14-19H2,1H3,(H2,27,33)(H,28,30);1H. The number of likely N-dealkylation sites (tertiary alicyclic amines) is 1. The number of hydrogen-bond acceptors (Lipinski definition) is 4. The van der Waals surface area contributed by atoms with Gasteiger partial charge in [-0.1, -0.05) is 36.4 Å². The zero-order valence-electron chi connectivity index (χ0n) is 20.0. The van der Waals surface area contributed by atoms with Crippen LogP contribution in [0.2, 0.25) is 0 Å². The maximum Gasteiger partial charge on any atom is 0.220 e. The summed E-state index contributed by atoms with van der Waals surface area (Å²) in [5, 5.41) is 3.56. The fraction of sp³-hybridized carbons (Fsp3) is 0.500. The highest BCUT2D eigenvalue weighted by Crippen LogP contribution is 2.25. The molecule has 3 heterocycles. The van der Waals surface area contributed by atoms with Crippen LogP contribution >= 0.6 is 24.0 Å². The van der Waals surface area contributed by atoms with Crippen molar-refractivity contribution < 1.29 is 4.79 Å². The second-order valence-corrected chi connectivity index (χ2v) is 9.17. The normalized spacial score (nSPS) is 17.9. The lowest BCUT2D eigenvalue weighted by Gasteiger charge is -2.35. The van der Waals surface area contributed by atoms with Crippen LogP contribution in [0.25, 0.3) is 0 Å². The van der Waals surface area contributed by atoms with Crippen LogP contribution in [0, 0.1) is 11.8 Å². The van der Waals surface area contributed by atoms with E-state index in [1.54, 1.807) is 0 Å². The second-order valence-electron chi connectivity index (χ2n) is 9.17. The van der Waals surface area contributed by atoms with Gasteiger partial charge in [-0.25, -0.2) is 4.98 Å². The minimum atomic E-state index is -0.186. The fourth-order valence-electron chi connectivity index (χ4n) is 5.03. The molecule has 2 aromatic rings. The molecule has 2 fully saturated rings. The fourth-order valence-corrected chi connectivity index (χ4v) is 5.03. The SMILES string of the molecule is CN=C(NCc1cccnc1N1CCC(C(N)=O)CC1)N1CCC(Cc2ccccc2)CC1.I. The summed E-state index contributed by atoms with van der Waals surface area (Å²) in [5.74, 6) is 2.47. The monoisotopic (exact) mass is 576 g/mol. The minimum absolute atomic E-state index is 0. The number of carbonyl (C=O) groups excluding carboxylic acids is 1. The molecule has 0 radical (unpaired) electrons. The number of guanidine groups is 1. The van der Waals surface area contributed by atoms with E-state index in [4.69, 9.17) is 5.73 Å². The third-order valence-corrected chi connectivity index (χ3v) is 6.99. The van der Waals surface area contributed by atoms with E-state index in [1.165, 1.54) is 18.4 Å². The average molecular weight is 577 g/mol. The van der Waals surface area contributed by atoms with Crippen LogP contribution < -0.4 is 16.0 Å². The summed E-state index contributed by atoms with van der Waals surface area (Å²) in [6.07, 6.45) is 6.94. The Kier molecular flexibility index (Phi) is 9.98. The highest BCUT2D eigenvalue weighted by atomic mass is 127.